The van der Waals surface area contributed by atoms with Crippen molar-refractivity contribution >= 4 is 17.5 Å². The standard InChI is InChI=1S/C18H23ClN2O2/c1-18(2,3)17(22)21-11-10-20-12-13-8-9-16(23-13)14-6-4-5-7-15(14)19/h4-9,20H,10-12H2,1-3H3,(H,21,22). The number of nitrogens with one attached hydrogen (secondary N) is 2. The molecule has 2 rings (SSSR count). The van der Waals surface area contributed by atoms with E-state index < -0.39 is 0 Å². The van der Waals surface area contributed by atoms with Crippen molar-refractivity contribution in [3.63, 3.8) is 0 Å². The summed E-state index contributed by atoms with van der Waals surface area (Å²) in [7, 11) is 0. The lowest BCUT2D eigenvalue weighted by molar-refractivity contribution is -0.128. The van der Waals surface area contributed by atoms with Crippen molar-refractivity contribution in [2.24, 2.45) is 5.41 Å². The second-order valence-electron chi connectivity index (χ2n) is 6.43. The summed E-state index contributed by atoms with van der Waals surface area (Å²) in [4.78, 5) is 11.7. The van der Waals surface area contributed by atoms with Gasteiger partial charge in [-0.2, -0.15) is 0 Å². The van der Waals surface area contributed by atoms with E-state index in [1.165, 1.54) is 0 Å². The van der Waals surface area contributed by atoms with Gasteiger partial charge in [-0.3, -0.25) is 4.79 Å². The molecule has 1 amide bonds. The minimum atomic E-state index is -0.356. The molecule has 2 aromatic rings. The topological polar surface area (TPSA) is 54.3 Å². The summed E-state index contributed by atoms with van der Waals surface area (Å²) >= 11 is 6.16. The van der Waals surface area contributed by atoms with Gasteiger partial charge in [0.05, 0.1) is 11.6 Å². The maximum Gasteiger partial charge on any atom is 0.225 e. The van der Waals surface area contributed by atoms with Gasteiger partial charge in [0.15, 0.2) is 0 Å². The second kappa shape index (κ2) is 7.66. The minimum Gasteiger partial charge on any atom is -0.460 e. The van der Waals surface area contributed by atoms with Gasteiger partial charge >= 0.3 is 0 Å². The first kappa shape index (κ1) is 17.6. The molecule has 23 heavy (non-hydrogen) atoms. The summed E-state index contributed by atoms with van der Waals surface area (Å²) in [5.74, 6) is 1.65. The Morgan fingerprint density at radius 2 is 1.87 bits per heavy atom. The summed E-state index contributed by atoms with van der Waals surface area (Å²) < 4.78 is 5.80. The van der Waals surface area contributed by atoms with Crippen molar-refractivity contribution in [1.29, 1.82) is 0 Å². The molecule has 5 heteroatoms. The molecule has 4 nitrogen and oxygen atoms in total. The van der Waals surface area contributed by atoms with E-state index in [9.17, 15) is 4.79 Å². The van der Waals surface area contributed by atoms with Crippen molar-refractivity contribution in [1.82, 2.24) is 10.6 Å². The molecule has 1 aromatic heterocycles. The molecule has 1 aromatic carbocycles. The van der Waals surface area contributed by atoms with Crippen LogP contribution in [0.4, 0.5) is 0 Å². The zero-order valence-corrected chi connectivity index (χ0v) is 14.5. The number of halogens is 1. The van der Waals surface area contributed by atoms with Gasteiger partial charge in [0.25, 0.3) is 0 Å². The summed E-state index contributed by atoms with van der Waals surface area (Å²) in [5.41, 5.74) is 0.531. The Balaban J connectivity index is 1.78. The van der Waals surface area contributed by atoms with E-state index in [0.717, 1.165) is 17.1 Å². The molecule has 0 atom stereocenters. The monoisotopic (exact) mass is 334 g/mol. The number of benzene rings is 1. The average Bonchev–Trinajstić information content (AvgIpc) is 2.95. The molecular formula is C18H23ClN2O2. The first-order chi connectivity index (χ1) is 10.9. The summed E-state index contributed by atoms with van der Waals surface area (Å²) in [5, 5.41) is 6.82. The molecule has 2 N–H and O–H groups in total. The van der Waals surface area contributed by atoms with E-state index in [0.29, 0.717) is 24.7 Å². The highest BCUT2D eigenvalue weighted by molar-refractivity contribution is 6.33. The second-order valence-corrected chi connectivity index (χ2v) is 6.84. The number of rotatable bonds is 6. The van der Waals surface area contributed by atoms with Crippen LogP contribution in [-0.2, 0) is 11.3 Å². The molecule has 0 aliphatic heterocycles. The molecule has 0 aliphatic carbocycles. The summed E-state index contributed by atoms with van der Waals surface area (Å²) in [6.45, 7) is 7.58. The Labute approximate surface area is 142 Å². The van der Waals surface area contributed by atoms with Crippen LogP contribution in [0.5, 0.6) is 0 Å². The van der Waals surface area contributed by atoms with Crippen LogP contribution in [0.2, 0.25) is 5.02 Å². The third kappa shape index (κ3) is 5.12. The molecule has 124 valence electrons. The molecule has 0 saturated carbocycles. The zero-order valence-electron chi connectivity index (χ0n) is 13.8. The van der Waals surface area contributed by atoms with E-state index in [4.69, 9.17) is 16.0 Å². The predicted octanol–water partition coefficient (Wildman–Crippen LogP) is 3.85. The van der Waals surface area contributed by atoms with Crippen molar-refractivity contribution in [3.05, 3.63) is 47.2 Å². The fraction of sp³-hybridized carbons (Fsp3) is 0.389. The predicted molar refractivity (Wildman–Crippen MR) is 93.3 cm³/mol. The van der Waals surface area contributed by atoms with Crippen molar-refractivity contribution in [2.75, 3.05) is 13.1 Å². The molecular weight excluding hydrogens is 312 g/mol. The normalized spacial score (nSPS) is 11.5. The van der Waals surface area contributed by atoms with Gasteiger partial charge in [0.1, 0.15) is 11.5 Å². The zero-order chi connectivity index (χ0) is 16.9. The van der Waals surface area contributed by atoms with Gasteiger partial charge in [0.2, 0.25) is 5.91 Å². The van der Waals surface area contributed by atoms with E-state index in [2.05, 4.69) is 10.6 Å². The number of carbonyl (C=O) groups is 1. The van der Waals surface area contributed by atoms with Crippen LogP contribution < -0.4 is 10.6 Å². The van der Waals surface area contributed by atoms with Crippen molar-refractivity contribution < 1.29 is 9.21 Å². The molecule has 0 radical (unpaired) electrons. The number of hydrogen-bond donors (Lipinski definition) is 2. The molecule has 0 unspecified atom stereocenters. The Hall–Kier alpha value is -1.78. The van der Waals surface area contributed by atoms with Crippen molar-refractivity contribution in [2.45, 2.75) is 27.3 Å². The maximum atomic E-state index is 11.7. The minimum absolute atomic E-state index is 0.0540. The van der Waals surface area contributed by atoms with Gasteiger partial charge in [-0.25, -0.2) is 0 Å². The number of furan rings is 1. The van der Waals surface area contributed by atoms with Crippen LogP contribution in [0, 0.1) is 5.41 Å². The Bertz CT molecular complexity index is 659. The van der Waals surface area contributed by atoms with E-state index in [1.54, 1.807) is 0 Å². The summed E-state index contributed by atoms with van der Waals surface area (Å²) in [6.07, 6.45) is 0. The molecule has 0 saturated heterocycles. The van der Waals surface area contributed by atoms with Crippen LogP contribution in [0.3, 0.4) is 0 Å². The Morgan fingerprint density at radius 1 is 1.13 bits per heavy atom. The number of hydrogen-bond acceptors (Lipinski definition) is 3. The summed E-state index contributed by atoms with van der Waals surface area (Å²) in [6, 6.07) is 11.4. The largest absolute Gasteiger partial charge is 0.460 e. The lowest BCUT2D eigenvalue weighted by Gasteiger charge is -2.17. The molecule has 1 heterocycles. The highest BCUT2D eigenvalue weighted by Gasteiger charge is 2.20. The van der Waals surface area contributed by atoms with E-state index >= 15 is 0 Å². The van der Waals surface area contributed by atoms with Crippen LogP contribution >= 0.6 is 11.6 Å². The van der Waals surface area contributed by atoms with Gasteiger partial charge < -0.3 is 15.1 Å². The van der Waals surface area contributed by atoms with Crippen LogP contribution in [0.15, 0.2) is 40.8 Å². The number of carbonyl (C=O) groups excluding carboxylic acids is 1. The van der Waals surface area contributed by atoms with Gasteiger partial charge in [-0.05, 0) is 24.3 Å². The van der Waals surface area contributed by atoms with Crippen LogP contribution in [0.1, 0.15) is 26.5 Å². The fourth-order valence-corrected chi connectivity index (χ4v) is 2.25. The average molecular weight is 335 g/mol. The highest BCUT2D eigenvalue weighted by Crippen LogP contribution is 2.28. The fourth-order valence-electron chi connectivity index (χ4n) is 2.02. The molecule has 0 spiro atoms. The quantitative estimate of drug-likeness (QED) is 0.789. The molecule has 0 aliphatic rings. The van der Waals surface area contributed by atoms with E-state index in [-0.39, 0.29) is 11.3 Å². The van der Waals surface area contributed by atoms with Crippen LogP contribution in [0.25, 0.3) is 11.3 Å². The SMILES string of the molecule is CC(C)(C)C(=O)NCCNCc1ccc(-c2ccccc2Cl)o1. The molecule has 0 bridgehead atoms. The lowest BCUT2D eigenvalue weighted by Crippen LogP contribution is -2.38. The third-order valence-corrected chi connectivity index (χ3v) is 3.70. The highest BCUT2D eigenvalue weighted by atomic mass is 35.5. The van der Waals surface area contributed by atoms with E-state index in [1.807, 2.05) is 57.2 Å². The lowest BCUT2D eigenvalue weighted by atomic mass is 9.96. The third-order valence-electron chi connectivity index (χ3n) is 3.37. The molecule has 0 fully saturated rings. The Kier molecular flexibility index (Phi) is 5.85. The maximum absolute atomic E-state index is 11.7. The van der Waals surface area contributed by atoms with Gasteiger partial charge in [-0.1, -0.05) is 44.5 Å². The van der Waals surface area contributed by atoms with Gasteiger partial charge in [0, 0.05) is 24.1 Å². The Morgan fingerprint density at radius 3 is 2.57 bits per heavy atom. The van der Waals surface area contributed by atoms with Crippen LogP contribution in [-0.4, -0.2) is 19.0 Å². The first-order valence-corrected chi connectivity index (χ1v) is 8.08. The van der Waals surface area contributed by atoms with Crippen molar-refractivity contribution in [3.8, 4) is 11.3 Å². The smallest absolute Gasteiger partial charge is 0.225 e. The number of amides is 1. The first-order valence-electron chi connectivity index (χ1n) is 7.70. The van der Waals surface area contributed by atoms with Gasteiger partial charge in [-0.15, -0.1) is 0 Å².